The van der Waals surface area contributed by atoms with E-state index in [4.69, 9.17) is 30.2 Å². The third kappa shape index (κ3) is 5.16. The number of hydrogen-bond donors (Lipinski definition) is 0. The van der Waals surface area contributed by atoms with E-state index in [1.165, 1.54) is 6.26 Å². The van der Waals surface area contributed by atoms with Crippen molar-refractivity contribution in [3.8, 4) is 16.9 Å². The molecule has 0 N–H and O–H groups in total. The highest BCUT2D eigenvalue weighted by atomic mass is 35.5. The quantitative estimate of drug-likeness (QED) is 0.398. The van der Waals surface area contributed by atoms with Gasteiger partial charge in [-0.2, -0.15) is 0 Å². The lowest BCUT2D eigenvalue weighted by atomic mass is 10.1. The van der Waals surface area contributed by atoms with Crippen LogP contribution in [0.3, 0.4) is 0 Å². The minimum atomic E-state index is -0.811. The van der Waals surface area contributed by atoms with E-state index in [1.54, 1.807) is 49.4 Å². The first-order valence-electron chi connectivity index (χ1n) is 9.22. The summed E-state index contributed by atoms with van der Waals surface area (Å²) in [6.45, 7) is 4.52. The molecule has 0 aliphatic heterocycles. The molecule has 29 heavy (non-hydrogen) atoms. The summed E-state index contributed by atoms with van der Waals surface area (Å²) >= 11 is 5.90. The molecule has 0 fully saturated rings. The van der Waals surface area contributed by atoms with E-state index in [1.807, 2.05) is 6.92 Å². The number of benzene rings is 2. The normalized spacial score (nSPS) is 12.0. The molecule has 0 bridgehead atoms. The summed E-state index contributed by atoms with van der Waals surface area (Å²) in [5.41, 5.74) is 1.36. The monoisotopic (exact) mass is 416 g/mol. The van der Waals surface area contributed by atoms with Gasteiger partial charge in [-0.25, -0.2) is 4.79 Å². The van der Waals surface area contributed by atoms with Crippen molar-refractivity contribution < 1.29 is 23.4 Å². The zero-order valence-electron chi connectivity index (χ0n) is 16.1. The molecular weight excluding hydrogens is 396 g/mol. The second-order valence-electron chi connectivity index (χ2n) is 6.27. The van der Waals surface area contributed by atoms with Crippen molar-refractivity contribution in [1.29, 1.82) is 0 Å². The van der Waals surface area contributed by atoms with Crippen molar-refractivity contribution in [1.82, 2.24) is 0 Å². The molecule has 1 heterocycles. The second-order valence-corrected chi connectivity index (χ2v) is 6.70. The molecule has 1 atom stereocenters. The second kappa shape index (κ2) is 9.58. The number of esters is 1. The zero-order valence-corrected chi connectivity index (χ0v) is 16.9. The molecular formula is C22H21ClO6. The maximum absolute atomic E-state index is 12.8. The first kappa shape index (κ1) is 20.9. The third-order valence-corrected chi connectivity index (χ3v) is 4.47. The number of halogens is 1. The SMILES string of the molecule is CCOCCOC(=O)[C@@H](C)Oc1ccc2c(=O)c(-c3ccc(Cl)cc3)coc2c1. The van der Waals surface area contributed by atoms with Crippen LogP contribution in [0.1, 0.15) is 13.8 Å². The number of fused-ring (bicyclic) bond motifs is 1. The average molecular weight is 417 g/mol. The van der Waals surface area contributed by atoms with Crippen LogP contribution in [0.4, 0.5) is 0 Å². The molecule has 0 saturated heterocycles. The first-order valence-corrected chi connectivity index (χ1v) is 9.60. The van der Waals surface area contributed by atoms with Gasteiger partial charge in [0.15, 0.2) is 11.5 Å². The van der Waals surface area contributed by atoms with Gasteiger partial charge in [-0.05, 0) is 43.7 Å². The topological polar surface area (TPSA) is 75.0 Å². The van der Waals surface area contributed by atoms with Gasteiger partial charge in [0.25, 0.3) is 0 Å². The fourth-order valence-corrected chi connectivity index (χ4v) is 2.85. The van der Waals surface area contributed by atoms with E-state index in [0.717, 1.165) is 0 Å². The smallest absolute Gasteiger partial charge is 0.347 e. The highest BCUT2D eigenvalue weighted by Crippen LogP contribution is 2.24. The van der Waals surface area contributed by atoms with Crippen LogP contribution in [0.5, 0.6) is 5.75 Å². The van der Waals surface area contributed by atoms with Crippen molar-refractivity contribution in [2.24, 2.45) is 0 Å². The number of carbonyl (C=O) groups excluding carboxylic acids is 1. The third-order valence-electron chi connectivity index (χ3n) is 4.22. The van der Waals surface area contributed by atoms with E-state index in [2.05, 4.69) is 0 Å². The summed E-state index contributed by atoms with van der Waals surface area (Å²) in [4.78, 5) is 24.8. The van der Waals surface area contributed by atoms with Crippen LogP contribution in [-0.4, -0.2) is 31.9 Å². The van der Waals surface area contributed by atoms with Gasteiger partial charge in [0.1, 0.15) is 24.2 Å². The van der Waals surface area contributed by atoms with Gasteiger partial charge in [0, 0.05) is 17.7 Å². The average Bonchev–Trinajstić information content (AvgIpc) is 2.72. The van der Waals surface area contributed by atoms with Gasteiger partial charge < -0.3 is 18.6 Å². The molecule has 3 rings (SSSR count). The lowest BCUT2D eigenvalue weighted by Crippen LogP contribution is -2.27. The Hall–Kier alpha value is -2.83. The van der Waals surface area contributed by atoms with E-state index in [-0.39, 0.29) is 12.0 Å². The Morgan fingerprint density at radius 2 is 1.90 bits per heavy atom. The molecule has 0 radical (unpaired) electrons. The molecule has 2 aromatic carbocycles. The van der Waals surface area contributed by atoms with E-state index in [9.17, 15) is 9.59 Å². The molecule has 7 heteroatoms. The number of hydrogen-bond acceptors (Lipinski definition) is 6. The van der Waals surface area contributed by atoms with Gasteiger partial charge in [-0.15, -0.1) is 0 Å². The molecule has 0 saturated carbocycles. The Morgan fingerprint density at radius 1 is 1.14 bits per heavy atom. The Labute approximate surface area is 172 Å². The molecule has 0 spiro atoms. The maximum Gasteiger partial charge on any atom is 0.347 e. The largest absolute Gasteiger partial charge is 0.479 e. The summed E-state index contributed by atoms with van der Waals surface area (Å²) in [7, 11) is 0. The minimum absolute atomic E-state index is 0.163. The molecule has 0 aliphatic carbocycles. The summed E-state index contributed by atoms with van der Waals surface area (Å²) < 4.78 is 21.5. The van der Waals surface area contributed by atoms with Crippen molar-refractivity contribution in [2.75, 3.05) is 19.8 Å². The van der Waals surface area contributed by atoms with Crippen molar-refractivity contribution in [3.05, 3.63) is 64.0 Å². The number of carbonyl (C=O) groups is 1. The van der Waals surface area contributed by atoms with Crippen molar-refractivity contribution in [2.45, 2.75) is 20.0 Å². The minimum Gasteiger partial charge on any atom is -0.479 e. The summed E-state index contributed by atoms with van der Waals surface area (Å²) in [5, 5.41) is 1.00. The molecule has 3 aromatic rings. The van der Waals surface area contributed by atoms with Crippen LogP contribution in [0.15, 0.2) is 57.9 Å². The molecule has 0 amide bonds. The van der Waals surface area contributed by atoms with Crippen LogP contribution in [0, 0.1) is 0 Å². The molecule has 0 aliphatic rings. The van der Waals surface area contributed by atoms with E-state index in [0.29, 0.717) is 46.1 Å². The van der Waals surface area contributed by atoms with Gasteiger partial charge in [-0.1, -0.05) is 23.7 Å². The van der Waals surface area contributed by atoms with Gasteiger partial charge in [0.2, 0.25) is 0 Å². The molecule has 6 nitrogen and oxygen atoms in total. The lowest BCUT2D eigenvalue weighted by Gasteiger charge is -2.14. The van der Waals surface area contributed by atoms with Crippen LogP contribution >= 0.6 is 11.6 Å². The predicted octanol–water partition coefficient (Wildman–Crippen LogP) is 4.46. The summed E-state index contributed by atoms with van der Waals surface area (Å²) in [6.07, 6.45) is 0.595. The molecule has 152 valence electrons. The molecule has 1 aromatic heterocycles. The first-order chi connectivity index (χ1) is 14.0. The summed E-state index contributed by atoms with van der Waals surface area (Å²) in [6, 6.07) is 11.8. The van der Waals surface area contributed by atoms with Crippen LogP contribution in [0.25, 0.3) is 22.1 Å². The van der Waals surface area contributed by atoms with E-state index < -0.39 is 12.1 Å². The van der Waals surface area contributed by atoms with Gasteiger partial charge in [0.05, 0.1) is 17.6 Å². The summed E-state index contributed by atoms with van der Waals surface area (Å²) in [5.74, 6) is -0.0986. The zero-order chi connectivity index (χ0) is 20.8. The van der Waals surface area contributed by atoms with Crippen molar-refractivity contribution in [3.63, 3.8) is 0 Å². The van der Waals surface area contributed by atoms with Gasteiger partial charge >= 0.3 is 5.97 Å². The van der Waals surface area contributed by atoms with Gasteiger partial charge in [-0.3, -0.25) is 4.79 Å². The fourth-order valence-electron chi connectivity index (χ4n) is 2.73. The highest BCUT2D eigenvalue weighted by molar-refractivity contribution is 6.30. The van der Waals surface area contributed by atoms with Crippen LogP contribution < -0.4 is 10.2 Å². The predicted molar refractivity (Wildman–Crippen MR) is 110 cm³/mol. The molecule has 0 unspecified atom stereocenters. The Bertz CT molecular complexity index is 1040. The standard InChI is InChI=1S/C22H21ClO6/c1-3-26-10-11-27-22(25)14(2)29-17-8-9-18-20(12-17)28-13-19(21(18)24)15-4-6-16(23)7-5-15/h4-9,12-14H,3,10-11H2,1-2H3/t14-/m1/s1. The Balaban J connectivity index is 1.75. The van der Waals surface area contributed by atoms with Crippen LogP contribution in [0.2, 0.25) is 5.02 Å². The maximum atomic E-state index is 12.8. The lowest BCUT2D eigenvalue weighted by molar-refractivity contribution is -0.152. The van der Waals surface area contributed by atoms with E-state index >= 15 is 0 Å². The fraction of sp³-hybridized carbons (Fsp3) is 0.273. The Morgan fingerprint density at radius 3 is 2.62 bits per heavy atom. The highest BCUT2D eigenvalue weighted by Gasteiger charge is 2.17. The van der Waals surface area contributed by atoms with Crippen molar-refractivity contribution >= 4 is 28.5 Å². The number of ether oxygens (including phenoxy) is 3. The van der Waals surface area contributed by atoms with Crippen LogP contribution in [-0.2, 0) is 14.3 Å². The number of rotatable bonds is 8. The Kier molecular flexibility index (Phi) is 6.90.